The molecule has 2 rings (SSSR count). The lowest BCUT2D eigenvalue weighted by Crippen LogP contribution is -2.36. The average molecular weight is 265 g/mol. The number of piperidine rings is 1. The van der Waals surface area contributed by atoms with Gasteiger partial charge in [-0.15, -0.1) is 0 Å². The first-order chi connectivity index (χ1) is 8.97. The summed E-state index contributed by atoms with van der Waals surface area (Å²) in [4.78, 5) is 6.30. The first-order valence-corrected chi connectivity index (χ1v) is 7.11. The third kappa shape index (κ3) is 3.90. The van der Waals surface area contributed by atoms with Crippen molar-refractivity contribution in [2.24, 2.45) is 0 Å². The fourth-order valence-electron chi connectivity index (χ4n) is 2.29. The molecule has 0 amide bonds. The molecule has 106 valence electrons. The van der Waals surface area contributed by atoms with Gasteiger partial charge in [0.15, 0.2) is 11.6 Å². The normalized spacial score (nSPS) is 16.7. The number of pyridine rings is 1. The second kappa shape index (κ2) is 5.87. The van der Waals surface area contributed by atoms with Crippen LogP contribution in [0.5, 0.6) is 0 Å². The molecule has 0 unspecified atom stereocenters. The van der Waals surface area contributed by atoms with Crippen LogP contribution in [0.2, 0.25) is 0 Å². The summed E-state index contributed by atoms with van der Waals surface area (Å²) in [6.07, 6.45) is 5.22. The lowest BCUT2D eigenvalue weighted by atomic mass is 10.1. The molecule has 1 saturated heterocycles. The molecule has 4 heteroatoms. The van der Waals surface area contributed by atoms with E-state index in [2.05, 4.69) is 36.0 Å². The molecule has 0 aromatic carbocycles. The van der Waals surface area contributed by atoms with Crippen molar-refractivity contribution in [2.45, 2.75) is 52.1 Å². The molecule has 0 saturated carbocycles. The summed E-state index contributed by atoms with van der Waals surface area (Å²) in [5, 5.41) is 3.32. The SMILES string of the molecule is CC(C)(C)NCc1ccnc(N2CCCCC2)c1F. The van der Waals surface area contributed by atoms with Crippen LogP contribution >= 0.6 is 0 Å². The Labute approximate surface area is 115 Å². The van der Waals surface area contributed by atoms with Gasteiger partial charge in [0.2, 0.25) is 0 Å². The van der Waals surface area contributed by atoms with Gasteiger partial charge in [-0.2, -0.15) is 0 Å². The van der Waals surface area contributed by atoms with E-state index in [0.29, 0.717) is 17.9 Å². The van der Waals surface area contributed by atoms with E-state index in [1.54, 1.807) is 12.3 Å². The Morgan fingerprint density at radius 2 is 1.95 bits per heavy atom. The molecule has 1 N–H and O–H groups in total. The van der Waals surface area contributed by atoms with E-state index in [0.717, 1.165) is 25.9 Å². The highest BCUT2D eigenvalue weighted by molar-refractivity contribution is 5.43. The molecule has 19 heavy (non-hydrogen) atoms. The van der Waals surface area contributed by atoms with Crippen molar-refractivity contribution in [3.8, 4) is 0 Å². The van der Waals surface area contributed by atoms with Crippen LogP contribution in [0.1, 0.15) is 45.6 Å². The first kappa shape index (κ1) is 14.3. The Morgan fingerprint density at radius 1 is 1.26 bits per heavy atom. The zero-order chi connectivity index (χ0) is 13.9. The summed E-state index contributed by atoms with van der Waals surface area (Å²) in [6, 6.07) is 1.77. The van der Waals surface area contributed by atoms with E-state index >= 15 is 0 Å². The van der Waals surface area contributed by atoms with E-state index in [1.165, 1.54) is 6.42 Å². The molecule has 1 aromatic heterocycles. The number of halogens is 1. The predicted molar refractivity (Wildman–Crippen MR) is 76.9 cm³/mol. The summed E-state index contributed by atoms with van der Waals surface area (Å²) in [6.45, 7) is 8.62. The third-order valence-corrected chi connectivity index (χ3v) is 3.42. The van der Waals surface area contributed by atoms with E-state index in [-0.39, 0.29) is 11.4 Å². The van der Waals surface area contributed by atoms with Gasteiger partial charge in [-0.05, 0) is 46.1 Å². The van der Waals surface area contributed by atoms with Crippen molar-refractivity contribution in [2.75, 3.05) is 18.0 Å². The Bertz CT molecular complexity index is 420. The Hall–Kier alpha value is -1.16. The maximum Gasteiger partial charge on any atom is 0.170 e. The van der Waals surface area contributed by atoms with Crippen molar-refractivity contribution < 1.29 is 4.39 Å². The number of hydrogen-bond donors (Lipinski definition) is 1. The molecule has 3 nitrogen and oxygen atoms in total. The van der Waals surface area contributed by atoms with Crippen LogP contribution in [-0.4, -0.2) is 23.6 Å². The van der Waals surface area contributed by atoms with Gasteiger partial charge in [-0.1, -0.05) is 0 Å². The van der Waals surface area contributed by atoms with Crippen LogP contribution in [0.3, 0.4) is 0 Å². The number of anilines is 1. The fourth-order valence-corrected chi connectivity index (χ4v) is 2.29. The minimum absolute atomic E-state index is 0.0129. The fraction of sp³-hybridized carbons (Fsp3) is 0.667. The van der Waals surface area contributed by atoms with Crippen LogP contribution in [0.15, 0.2) is 12.3 Å². The standard InChI is InChI=1S/C15H24FN3/c1-15(2,3)18-11-12-7-8-17-14(13(12)16)19-9-5-4-6-10-19/h7-8,18H,4-6,9-11H2,1-3H3. The Kier molecular flexibility index (Phi) is 4.40. The van der Waals surface area contributed by atoms with Gasteiger partial charge < -0.3 is 10.2 Å². The van der Waals surface area contributed by atoms with E-state index < -0.39 is 0 Å². The minimum atomic E-state index is -0.166. The molecular weight excluding hydrogens is 241 g/mol. The van der Waals surface area contributed by atoms with Crippen LogP contribution in [0, 0.1) is 5.82 Å². The van der Waals surface area contributed by atoms with Crippen molar-refractivity contribution in [3.63, 3.8) is 0 Å². The van der Waals surface area contributed by atoms with Crippen molar-refractivity contribution in [1.29, 1.82) is 0 Å². The summed E-state index contributed by atoms with van der Waals surface area (Å²) >= 11 is 0. The smallest absolute Gasteiger partial charge is 0.170 e. The zero-order valence-electron chi connectivity index (χ0n) is 12.2. The van der Waals surface area contributed by atoms with Crippen molar-refractivity contribution >= 4 is 5.82 Å². The number of aromatic nitrogens is 1. The third-order valence-electron chi connectivity index (χ3n) is 3.42. The second-order valence-electron chi connectivity index (χ2n) is 6.26. The summed E-state index contributed by atoms with van der Waals surface area (Å²) in [5.74, 6) is 0.356. The van der Waals surface area contributed by atoms with Gasteiger partial charge >= 0.3 is 0 Å². The van der Waals surface area contributed by atoms with Crippen LogP contribution in [0.25, 0.3) is 0 Å². The largest absolute Gasteiger partial charge is 0.354 e. The van der Waals surface area contributed by atoms with Gasteiger partial charge in [-0.25, -0.2) is 9.37 Å². The molecule has 0 spiro atoms. The van der Waals surface area contributed by atoms with E-state index in [4.69, 9.17) is 0 Å². The van der Waals surface area contributed by atoms with Gasteiger partial charge in [0.1, 0.15) is 0 Å². The average Bonchev–Trinajstić information content (AvgIpc) is 2.37. The van der Waals surface area contributed by atoms with Gasteiger partial charge in [0, 0.05) is 36.9 Å². The predicted octanol–water partition coefficient (Wildman–Crippen LogP) is 3.10. The van der Waals surface area contributed by atoms with E-state index in [1.807, 2.05) is 0 Å². The van der Waals surface area contributed by atoms with E-state index in [9.17, 15) is 4.39 Å². The minimum Gasteiger partial charge on any atom is -0.354 e. The molecule has 0 radical (unpaired) electrons. The van der Waals surface area contributed by atoms with Crippen molar-refractivity contribution in [3.05, 3.63) is 23.6 Å². The van der Waals surface area contributed by atoms with Crippen molar-refractivity contribution in [1.82, 2.24) is 10.3 Å². The van der Waals surface area contributed by atoms with Crippen LogP contribution in [-0.2, 0) is 6.54 Å². The lowest BCUT2D eigenvalue weighted by molar-refractivity contribution is 0.418. The number of hydrogen-bond acceptors (Lipinski definition) is 3. The number of rotatable bonds is 3. The molecule has 1 aromatic rings. The first-order valence-electron chi connectivity index (χ1n) is 7.11. The summed E-state index contributed by atoms with van der Waals surface area (Å²) < 4.78 is 14.5. The Morgan fingerprint density at radius 3 is 2.58 bits per heavy atom. The molecule has 0 bridgehead atoms. The van der Waals surface area contributed by atoms with Gasteiger partial charge in [0.05, 0.1) is 0 Å². The maximum absolute atomic E-state index is 14.5. The highest BCUT2D eigenvalue weighted by Gasteiger charge is 2.19. The zero-order valence-corrected chi connectivity index (χ0v) is 12.2. The van der Waals surface area contributed by atoms with Gasteiger partial charge in [-0.3, -0.25) is 0 Å². The number of nitrogens with zero attached hydrogens (tertiary/aromatic N) is 2. The highest BCUT2D eigenvalue weighted by atomic mass is 19.1. The van der Waals surface area contributed by atoms with Crippen LogP contribution < -0.4 is 10.2 Å². The molecule has 1 aliphatic rings. The summed E-state index contributed by atoms with van der Waals surface area (Å²) in [5.41, 5.74) is 0.687. The van der Waals surface area contributed by atoms with Gasteiger partial charge in [0.25, 0.3) is 0 Å². The molecule has 1 fully saturated rings. The lowest BCUT2D eigenvalue weighted by Gasteiger charge is -2.28. The number of nitrogens with one attached hydrogen (secondary N) is 1. The molecule has 0 aliphatic carbocycles. The topological polar surface area (TPSA) is 28.2 Å². The summed E-state index contributed by atoms with van der Waals surface area (Å²) in [7, 11) is 0. The molecule has 2 heterocycles. The molecule has 0 atom stereocenters. The monoisotopic (exact) mass is 265 g/mol. The highest BCUT2D eigenvalue weighted by Crippen LogP contribution is 2.23. The maximum atomic E-state index is 14.5. The quantitative estimate of drug-likeness (QED) is 0.910. The molecular formula is C15H24FN3. The van der Waals surface area contributed by atoms with Crippen LogP contribution in [0.4, 0.5) is 10.2 Å². The Balaban J connectivity index is 2.13. The molecule has 1 aliphatic heterocycles. The second-order valence-corrected chi connectivity index (χ2v) is 6.26.